The van der Waals surface area contributed by atoms with Crippen molar-refractivity contribution >= 4 is 23.6 Å². The number of aliphatic hydroxyl groups is 1. The lowest BCUT2D eigenvalue weighted by Gasteiger charge is -2.08. The second kappa shape index (κ2) is 8.37. The van der Waals surface area contributed by atoms with Gasteiger partial charge in [0.05, 0.1) is 32.1 Å². The molecule has 8 nitrogen and oxygen atoms in total. The molecule has 8 heteroatoms. The number of carbonyl (C=O) groups excluding carboxylic acids is 1. The minimum Gasteiger partial charge on any atom is -0.394 e. The van der Waals surface area contributed by atoms with Crippen LogP contribution in [0.2, 0.25) is 0 Å². The molecule has 1 amide bonds. The molecule has 4 rings (SSSR count). The van der Waals surface area contributed by atoms with Gasteiger partial charge in [0.1, 0.15) is 11.5 Å². The van der Waals surface area contributed by atoms with Gasteiger partial charge in [0, 0.05) is 35.9 Å². The number of hydrogen-bond acceptors (Lipinski definition) is 6. The van der Waals surface area contributed by atoms with Crippen molar-refractivity contribution in [3.8, 4) is 0 Å². The van der Waals surface area contributed by atoms with Gasteiger partial charge in [-0.05, 0) is 36.5 Å². The lowest BCUT2D eigenvalue weighted by Crippen LogP contribution is -2.03. The average molecular weight is 381 g/mol. The van der Waals surface area contributed by atoms with Gasteiger partial charge in [-0.25, -0.2) is 9.97 Å². The average Bonchev–Trinajstić information content (AvgIpc) is 3.47. The van der Waals surface area contributed by atoms with Crippen LogP contribution in [0.3, 0.4) is 0 Å². The summed E-state index contributed by atoms with van der Waals surface area (Å²) in [6.45, 7) is 1.30. The fourth-order valence-corrected chi connectivity index (χ4v) is 3.19. The Morgan fingerprint density at radius 3 is 3.00 bits per heavy atom. The molecule has 146 valence electrons. The second-order valence-electron chi connectivity index (χ2n) is 6.86. The lowest BCUT2D eigenvalue weighted by atomic mass is 10.1. The molecule has 0 radical (unpaired) electrons. The third kappa shape index (κ3) is 4.29. The molecular formula is C20H23N5O3. The summed E-state index contributed by atoms with van der Waals surface area (Å²) < 4.78 is 7.61. The number of carbonyl (C=O) groups is 1. The molecule has 0 atom stereocenters. The van der Waals surface area contributed by atoms with Crippen LogP contribution in [0.5, 0.6) is 0 Å². The Balaban J connectivity index is 1.53. The van der Waals surface area contributed by atoms with Gasteiger partial charge in [0.25, 0.3) is 0 Å². The molecule has 3 aromatic rings. The number of pyridine rings is 2. The van der Waals surface area contributed by atoms with Crippen LogP contribution < -0.4 is 10.6 Å². The summed E-state index contributed by atoms with van der Waals surface area (Å²) in [4.78, 5) is 19.4. The number of anilines is 2. The van der Waals surface area contributed by atoms with E-state index in [0.717, 1.165) is 22.6 Å². The van der Waals surface area contributed by atoms with E-state index in [-0.39, 0.29) is 6.61 Å². The Hall–Kier alpha value is -2.97. The van der Waals surface area contributed by atoms with E-state index in [0.29, 0.717) is 37.9 Å². The van der Waals surface area contributed by atoms with Crippen LogP contribution in [-0.4, -0.2) is 39.1 Å². The molecule has 0 aliphatic heterocycles. The number of imidazole rings is 1. The first-order chi connectivity index (χ1) is 13.8. The highest BCUT2D eigenvalue weighted by molar-refractivity contribution is 5.70. The van der Waals surface area contributed by atoms with Crippen molar-refractivity contribution in [3.63, 3.8) is 0 Å². The Bertz CT molecular complexity index is 968. The van der Waals surface area contributed by atoms with Crippen molar-refractivity contribution < 1.29 is 14.6 Å². The molecular weight excluding hydrogens is 358 g/mol. The van der Waals surface area contributed by atoms with Crippen LogP contribution >= 0.6 is 0 Å². The summed E-state index contributed by atoms with van der Waals surface area (Å²) in [5, 5.41) is 14.8. The predicted octanol–water partition coefficient (Wildman–Crippen LogP) is 2.30. The maximum Gasteiger partial charge on any atom is 0.212 e. The van der Waals surface area contributed by atoms with E-state index in [2.05, 4.69) is 32.3 Å². The quantitative estimate of drug-likeness (QED) is 0.368. The number of aromatic nitrogens is 3. The number of nitrogens with zero attached hydrogens (tertiary/aromatic N) is 3. The van der Waals surface area contributed by atoms with Gasteiger partial charge < -0.3 is 24.9 Å². The maximum atomic E-state index is 10.6. The summed E-state index contributed by atoms with van der Waals surface area (Å²) in [6.07, 6.45) is 8.87. The number of nitrogens with one attached hydrogen (secondary N) is 2. The SMILES string of the molecule is O=CNc1cc(NCc2cn3cc(C4CC4)cc(COCCO)c3n2)ccn1. The van der Waals surface area contributed by atoms with Gasteiger partial charge in [-0.15, -0.1) is 0 Å². The lowest BCUT2D eigenvalue weighted by molar-refractivity contribution is -0.105. The molecule has 0 saturated heterocycles. The molecule has 0 spiro atoms. The first-order valence-electron chi connectivity index (χ1n) is 9.36. The Morgan fingerprint density at radius 1 is 1.32 bits per heavy atom. The molecule has 28 heavy (non-hydrogen) atoms. The van der Waals surface area contributed by atoms with Crippen LogP contribution in [0.15, 0.2) is 36.8 Å². The number of hydrogen-bond donors (Lipinski definition) is 3. The van der Waals surface area contributed by atoms with Crippen LogP contribution in [0.1, 0.15) is 35.6 Å². The molecule has 0 aromatic carbocycles. The molecule has 1 aliphatic carbocycles. The van der Waals surface area contributed by atoms with Crippen molar-refractivity contribution in [1.29, 1.82) is 0 Å². The number of rotatable bonds is 10. The van der Waals surface area contributed by atoms with E-state index >= 15 is 0 Å². The van der Waals surface area contributed by atoms with Crippen molar-refractivity contribution in [2.75, 3.05) is 23.8 Å². The maximum absolute atomic E-state index is 10.6. The van der Waals surface area contributed by atoms with Crippen LogP contribution in [0.4, 0.5) is 11.5 Å². The number of ether oxygens (including phenoxy) is 1. The third-order valence-corrected chi connectivity index (χ3v) is 4.68. The largest absolute Gasteiger partial charge is 0.394 e. The number of amides is 1. The van der Waals surface area contributed by atoms with Crippen molar-refractivity contribution in [2.24, 2.45) is 0 Å². The second-order valence-corrected chi connectivity index (χ2v) is 6.86. The van der Waals surface area contributed by atoms with E-state index in [1.54, 1.807) is 12.3 Å². The number of aliphatic hydroxyl groups excluding tert-OH is 1. The monoisotopic (exact) mass is 381 g/mol. The summed E-state index contributed by atoms with van der Waals surface area (Å²) in [5.74, 6) is 1.12. The van der Waals surface area contributed by atoms with Gasteiger partial charge in [-0.1, -0.05) is 0 Å². The van der Waals surface area contributed by atoms with Gasteiger partial charge in [0.15, 0.2) is 0 Å². The summed E-state index contributed by atoms with van der Waals surface area (Å²) >= 11 is 0. The minimum absolute atomic E-state index is 0.00902. The molecule has 1 saturated carbocycles. The van der Waals surface area contributed by atoms with Crippen molar-refractivity contribution in [2.45, 2.75) is 31.9 Å². The van der Waals surface area contributed by atoms with Gasteiger partial charge in [-0.2, -0.15) is 0 Å². The Kier molecular flexibility index (Phi) is 5.50. The van der Waals surface area contributed by atoms with E-state index < -0.39 is 0 Å². The zero-order valence-electron chi connectivity index (χ0n) is 15.5. The predicted molar refractivity (Wildman–Crippen MR) is 105 cm³/mol. The topological polar surface area (TPSA) is 101 Å². The van der Waals surface area contributed by atoms with Crippen LogP contribution in [0, 0.1) is 0 Å². The Labute approximate surface area is 162 Å². The zero-order chi connectivity index (χ0) is 19.3. The smallest absolute Gasteiger partial charge is 0.212 e. The van der Waals surface area contributed by atoms with Crippen molar-refractivity contribution in [1.82, 2.24) is 14.4 Å². The molecule has 3 aromatic heterocycles. The van der Waals surface area contributed by atoms with Gasteiger partial charge in [-0.3, -0.25) is 4.79 Å². The van der Waals surface area contributed by atoms with Crippen LogP contribution in [-0.2, 0) is 22.7 Å². The molecule has 0 bridgehead atoms. The molecule has 0 unspecified atom stereocenters. The highest BCUT2D eigenvalue weighted by atomic mass is 16.5. The van der Waals surface area contributed by atoms with E-state index in [1.807, 2.05) is 12.3 Å². The summed E-state index contributed by atoms with van der Waals surface area (Å²) in [6, 6.07) is 5.78. The van der Waals surface area contributed by atoms with Gasteiger partial charge in [0.2, 0.25) is 6.41 Å². The fourth-order valence-electron chi connectivity index (χ4n) is 3.19. The summed E-state index contributed by atoms with van der Waals surface area (Å²) in [7, 11) is 0. The van der Waals surface area contributed by atoms with Crippen LogP contribution in [0.25, 0.3) is 5.65 Å². The van der Waals surface area contributed by atoms with Crippen molar-refractivity contribution in [3.05, 3.63) is 53.6 Å². The minimum atomic E-state index is 0.00902. The molecule has 1 aliphatic rings. The first kappa shape index (κ1) is 18.4. The molecule has 3 heterocycles. The van der Waals surface area contributed by atoms with Gasteiger partial charge >= 0.3 is 0 Å². The highest BCUT2D eigenvalue weighted by Crippen LogP contribution is 2.40. The normalized spacial score (nSPS) is 13.6. The summed E-state index contributed by atoms with van der Waals surface area (Å²) in [5.41, 5.74) is 4.97. The third-order valence-electron chi connectivity index (χ3n) is 4.68. The fraction of sp³-hybridized carbons (Fsp3) is 0.350. The first-order valence-corrected chi connectivity index (χ1v) is 9.36. The van der Waals surface area contributed by atoms with E-state index in [4.69, 9.17) is 14.8 Å². The highest BCUT2D eigenvalue weighted by Gasteiger charge is 2.25. The standard InChI is InChI=1S/C20H23N5O3/c26-5-6-28-12-16-7-15(14-1-2-14)10-25-11-18(24-20(16)25)9-22-17-3-4-21-19(8-17)23-13-27/h3-4,7-8,10-11,13-14,26H,1-2,5-6,9,12H2,(H2,21,22,23,27). The Morgan fingerprint density at radius 2 is 2.21 bits per heavy atom. The van der Waals surface area contributed by atoms with E-state index in [1.165, 1.54) is 18.4 Å². The molecule has 3 N–H and O–H groups in total. The number of fused-ring (bicyclic) bond motifs is 1. The zero-order valence-corrected chi connectivity index (χ0v) is 15.5. The molecule has 1 fully saturated rings. The van der Waals surface area contributed by atoms with E-state index in [9.17, 15) is 4.79 Å².